The first-order chi connectivity index (χ1) is 9.60. The fraction of sp³-hybridized carbons (Fsp3) is 0.231. The zero-order valence-corrected chi connectivity index (χ0v) is 12.2. The molecule has 0 atom stereocenters. The molecule has 0 spiro atoms. The van der Waals surface area contributed by atoms with E-state index in [4.69, 9.17) is 27.9 Å². The molecular formula is C13H12Cl2FN3O. The van der Waals surface area contributed by atoms with Crippen molar-refractivity contribution < 1.29 is 9.13 Å². The lowest BCUT2D eigenvalue weighted by molar-refractivity contribution is 0.128. The molecule has 7 heteroatoms. The first kappa shape index (κ1) is 15.0. The van der Waals surface area contributed by atoms with Gasteiger partial charge in [-0.2, -0.15) is 0 Å². The summed E-state index contributed by atoms with van der Waals surface area (Å²) in [6.07, 6.45) is 0. The van der Waals surface area contributed by atoms with Crippen LogP contribution in [0.3, 0.4) is 0 Å². The quantitative estimate of drug-likeness (QED) is 0.840. The molecule has 0 radical (unpaired) electrons. The molecule has 2 aromatic rings. The summed E-state index contributed by atoms with van der Waals surface area (Å²) >= 11 is 11.6. The molecule has 0 saturated carbocycles. The monoisotopic (exact) mass is 315 g/mol. The Hall–Kier alpha value is -1.43. The topological polar surface area (TPSA) is 47.0 Å². The van der Waals surface area contributed by atoms with Gasteiger partial charge >= 0.3 is 0 Å². The van der Waals surface area contributed by atoms with Crippen molar-refractivity contribution in [2.24, 2.45) is 0 Å². The predicted octanol–water partition coefficient (Wildman–Crippen LogP) is 4.20. The molecule has 20 heavy (non-hydrogen) atoms. The van der Waals surface area contributed by atoms with Crippen molar-refractivity contribution >= 4 is 34.7 Å². The third-order valence-corrected chi connectivity index (χ3v) is 2.88. The van der Waals surface area contributed by atoms with E-state index in [0.29, 0.717) is 18.2 Å². The molecule has 0 aliphatic carbocycles. The highest BCUT2D eigenvalue weighted by molar-refractivity contribution is 6.31. The van der Waals surface area contributed by atoms with E-state index in [2.05, 4.69) is 15.3 Å². The van der Waals surface area contributed by atoms with Crippen LogP contribution in [0.2, 0.25) is 10.2 Å². The molecule has 0 unspecified atom stereocenters. The van der Waals surface area contributed by atoms with Crippen molar-refractivity contribution in [2.45, 2.75) is 13.5 Å². The van der Waals surface area contributed by atoms with Gasteiger partial charge < -0.3 is 10.1 Å². The first-order valence-electron chi connectivity index (χ1n) is 5.92. The maximum Gasteiger partial charge on any atom is 0.165 e. The van der Waals surface area contributed by atoms with Crippen LogP contribution in [0.1, 0.15) is 12.7 Å². The summed E-state index contributed by atoms with van der Waals surface area (Å²) in [7, 11) is 0. The molecule has 0 aliphatic rings. The van der Waals surface area contributed by atoms with Gasteiger partial charge in [-0.25, -0.2) is 14.4 Å². The molecule has 1 aromatic heterocycles. The predicted molar refractivity (Wildman–Crippen MR) is 77.1 cm³/mol. The molecule has 0 aliphatic heterocycles. The average Bonchev–Trinajstić information content (AvgIpc) is 2.41. The van der Waals surface area contributed by atoms with Crippen LogP contribution < -0.4 is 5.32 Å². The second kappa shape index (κ2) is 6.83. The van der Waals surface area contributed by atoms with E-state index in [9.17, 15) is 4.39 Å². The van der Waals surface area contributed by atoms with Gasteiger partial charge in [0.2, 0.25) is 0 Å². The molecule has 1 aromatic carbocycles. The van der Waals surface area contributed by atoms with Crippen LogP contribution >= 0.6 is 23.2 Å². The fourth-order valence-corrected chi connectivity index (χ4v) is 1.90. The summed E-state index contributed by atoms with van der Waals surface area (Å²) in [5.74, 6) is 0.250. The summed E-state index contributed by atoms with van der Waals surface area (Å²) in [5.41, 5.74) is 0.217. The highest BCUT2D eigenvalue weighted by Crippen LogP contribution is 2.25. The van der Waals surface area contributed by atoms with E-state index in [1.807, 2.05) is 6.92 Å². The zero-order chi connectivity index (χ0) is 14.5. The minimum atomic E-state index is -0.546. The van der Waals surface area contributed by atoms with Gasteiger partial charge in [0.25, 0.3) is 0 Å². The van der Waals surface area contributed by atoms with Gasteiger partial charge in [0.15, 0.2) is 11.6 Å². The highest BCUT2D eigenvalue weighted by Gasteiger charge is 2.09. The smallest absolute Gasteiger partial charge is 0.165 e. The molecule has 0 saturated heterocycles. The Morgan fingerprint density at radius 3 is 2.85 bits per heavy atom. The number of rotatable bonds is 5. The van der Waals surface area contributed by atoms with E-state index in [1.165, 1.54) is 12.1 Å². The second-order valence-electron chi connectivity index (χ2n) is 3.86. The van der Waals surface area contributed by atoms with Crippen molar-refractivity contribution in [1.82, 2.24) is 9.97 Å². The molecule has 4 nitrogen and oxygen atoms in total. The van der Waals surface area contributed by atoms with Crippen molar-refractivity contribution in [1.29, 1.82) is 0 Å². The van der Waals surface area contributed by atoms with Crippen molar-refractivity contribution in [3.8, 4) is 0 Å². The molecule has 0 fully saturated rings. The Bertz CT molecular complexity index is 610. The molecule has 1 N–H and O–H groups in total. The van der Waals surface area contributed by atoms with Crippen LogP contribution in [0.4, 0.5) is 15.9 Å². The van der Waals surface area contributed by atoms with Crippen LogP contribution in [0, 0.1) is 5.82 Å². The zero-order valence-electron chi connectivity index (χ0n) is 10.7. The fourth-order valence-electron chi connectivity index (χ4n) is 1.52. The van der Waals surface area contributed by atoms with E-state index >= 15 is 0 Å². The summed E-state index contributed by atoms with van der Waals surface area (Å²) in [6, 6.07) is 6.16. The lowest BCUT2D eigenvalue weighted by Crippen LogP contribution is -2.03. The van der Waals surface area contributed by atoms with Crippen LogP contribution in [0.25, 0.3) is 0 Å². The number of benzene rings is 1. The second-order valence-corrected chi connectivity index (χ2v) is 4.65. The molecule has 106 valence electrons. The van der Waals surface area contributed by atoms with Gasteiger partial charge in [0.05, 0.1) is 10.7 Å². The summed E-state index contributed by atoms with van der Waals surface area (Å²) < 4.78 is 19.0. The third-order valence-electron chi connectivity index (χ3n) is 2.39. The minimum absolute atomic E-state index is 0.0321. The number of anilines is 2. The number of halogens is 3. The van der Waals surface area contributed by atoms with E-state index in [1.54, 1.807) is 12.1 Å². The van der Waals surface area contributed by atoms with E-state index < -0.39 is 5.82 Å². The number of nitrogens with zero attached hydrogens (tertiary/aromatic N) is 2. The van der Waals surface area contributed by atoms with Gasteiger partial charge in [0, 0.05) is 12.7 Å². The largest absolute Gasteiger partial charge is 0.374 e. The Kier molecular flexibility index (Phi) is 5.11. The summed E-state index contributed by atoms with van der Waals surface area (Å²) in [4.78, 5) is 8.22. The summed E-state index contributed by atoms with van der Waals surface area (Å²) in [5, 5.41) is 3.10. The minimum Gasteiger partial charge on any atom is -0.374 e. The van der Waals surface area contributed by atoms with Crippen molar-refractivity contribution in [3.05, 3.63) is 46.1 Å². The summed E-state index contributed by atoms with van der Waals surface area (Å²) in [6.45, 7) is 2.65. The van der Waals surface area contributed by atoms with E-state index in [-0.39, 0.29) is 22.5 Å². The van der Waals surface area contributed by atoms with Crippen LogP contribution in [-0.2, 0) is 11.3 Å². The van der Waals surface area contributed by atoms with Gasteiger partial charge in [-0.3, -0.25) is 0 Å². The number of nitrogens with one attached hydrogen (secondary N) is 1. The Morgan fingerprint density at radius 2 is 2.10 bits per heavy atom. The van der Waals surface area contributed by atoms with Crippen LogP contribution in [-0.4, -0.2) is 16.6 Å². The Labute approximate surface area is 125 Å². The maximum atomic E-state index is 13.8. The van der Waals surface area contributed by atoms with Crippen molar-refractivity contribution in [3.63, 3.8) is 0 Å². The average molecular weight is 316 g/mol. The van der Waals surface area contributed by atoms with E-state index in [0.717, 1.165) is 0 Å². The van der Waals surface area contributed by atoms with Gasteiger partial charge in [-0.15, -0.1) is 0 Å². The van der Waals surface area contributed by atoms with Gasteiger partial charge in [-0.05, 0) is 19.1 Å². The molecule has 1 heterocycles. The van der Waals surface area contributed by atoms with Crippen LogP contribution in [0.5, 0.6) is 0 Å². The first-order valence-corrected chi connectivity index (χ1v) is 6.68. The molecule has 0 amide bonds. The molecular weight excluding hydrogens is 304 g/mol. The SMILES string of the molecule is CCOCc1nc(Cl)cc(Nc2cccc(Cl)c2F)n1. The van der Waals surface area contributed by atoms with Gasteiger partial charge in [0.1, 0.15) is 17.6 Å². The van der Waals surface area contributed by atoms with Gasteiger partial charge in [-0.1, -0.05) is 29.3 Å². The Balaban J connectivity index is 2.24. The standard InChI is InChI=1S/C13H12Cl2FN3O/c1-2-20-7-12-18-10(15)6-11(19-12)17-9-5-3-4-8(14)13(9)16/h3-6H,2,7H2,1H3,(H,17,18,19). The molecule has 0 bridgehead atoms. The number of ether oxygens (including phenoxy) is 1. The number of aromatic nitrogens is 2. The van der Waals surface area contributed by atoms with Crippen LogP contribution in [0.15, 0.2) is 24.3 Å². The van der Waals surface area contributed by atoms with Crippen molar-refractivity contribution in [2.75, 3.05) is 11.9 Å². The maximum absolute atomic E-state index is 13.8. The highest BCUT2D eigenvalue weighted by atomic mass is 35.5. The molecule has 2 rings (SSSR count). The lowest BCUT2D eigenvalue weighted by Gasteiger charge is -2.09. The lowest BCUT2D eigenvalue weighted by atomic mass is 10.3. The normalized spacial score (nSPS) is 10.6. The Morgan fingerprint density at radius 1 is 1.30 bits per heavy atom. The third kappa shape index (κ3) is 3.79. The number of hydrogen-bond donors (Lipinski definition) is 1. The number of hydrogen-bond acceptors (Lipinski definition) is 4.